The van der Waals surface area contributed by atoms with Crippen LogP contribution in [0.4, 0.5) is 5.69 Å². The summed E-state index contributed by atoms with van der Waals surface area (Å²) in [5.74, 6) is 0.132. The first-order valence-corrected chi connectivity index (χ1v) is 4.40. The smallest absolute Gasteiger partial charge is 0.269 e. The number of benzene rings is 1. The molecule has 1 rings (SSSR count). The van der Waals surface area contributed by atoms with Crippen molar-refractivity contribution in [2.45, 2.75) is 19.8 Å². The minimum atomic E-state index is -0.460. The second-order valence-corrected chi connectivity index (χ2v) is 2.82. The van der Waals surface area contributed by atoms with E-state index in [1.165, 1.54) is 18.2 Å². The molecule has 0 heterocycles. The summed E-state index contributed by atoms with van der Waals surface area (Å²) in [6.45, 7) is 3.96. The van der Waals surface area contributed by atoms with Crippen molar-refractivity contribution in [3.05, 3.63) is 33.9 Å². The van der Waals surface area contributed by atoms with Crippen LogP contribution in [0.2, 0.25) is 0 Å². The van der Waals surface area contributed by atoms with E-state index in [1.807, 2.05) is 13.7 Å². The standard InChI is InChI=1S/C9H11NO3.CH2O/c1-2-3-7-6-8(10(12)13)4-5-9(7)11;1-2/h4-6,11H,2-3H2,1H3;1H2. The SMILES string of the molecule is C=O.CCCc1cc([N+](=O)[O-])ccc1O. The molecular weight excluding hydrogens is 198 g/mol. The largest absolute Gasteiger partial charge is 0.508 e. The van der Waals surface area contributed by atoms with Crippen LogP contribution in [0.15, 0.2) is 18.2 Å². The number of hydrogen-bond donors (Lipinski definition) is 1. The predicted octanol–water partition coefficient (Wildman–Crippen LogP) is 2.07. The molecule has 0 radical (unpaired) electrons. The van der Waals surface area contributed by atoms with Crippen LogP contribution in [0.5, 0.6) is 5.75 Å². The van der Waals surface area contributed by atoms with Gasteiger partial charge in [0.25, 0.3) is 5.69 Å². The number of carbonyl (C=O) groups excluding carboxylic acids is 1. The lowest BCUT2D eigenvalue weighted by Gasteiger charge is -2.01. The number of nitro benzene ring substituents is 1. The fraction of sp³-hybridized carbons (Fsp3) is 0.300. The van der Waals surface area contributed by atoms with Crippen LogP contribution >= 0.6 is 0 Å². The van der Waals surface area contributed by atoms with Gasteiger partial charge in [-0.3, -0.25) is 10.1 Å². The number of phenolic OH excluding ortho intramolecular Hbond substituents is 1. The Balaban J connectivity index is 0.000000921. The third-order valence-electron chi connectivity index (χ3n) is 1.79. The van der Waals surface area contributed by atoms with Crippen molar-refractivity contribution in [1.82, 2.24) is 0 Å². The number of nitrogens with zero attached hydrogens (tertiary/aromatic N) is 1. The highest BCUT2D eigenvalue weighted by atomic mass is 16.6. The molecule has 0 fully saturated rings. The number of phenols is 1. The number of nitro groups is 1. The van der Waals surface area contributed by atoms with Gasteiger partial charge in [0, 0.05) is 17.7 Å². The van der Waals surface area contributed by atoms with Gasteiger partial charge in [-0.05, 0) is 12.5 Å². The van der Waals surface area contributed by atoms with E-state index in [0.29, 0.717) is 12.0 Å². The Bertz CT molecular complexity index is 338. The average Bonchev–Trinajstić information content (AvgIpc) is 2.24. The Morgan fingerprint density at radius 2 is 2.07 bits per heavy atom. The van der Waals surface area contributed by atoms with Crippen LogP contribution < -0.4 is 0 Å². The van der Waals surface area contributed by atoms with E-state index in [0.717, 1.165) is 6.42 Å². The van der Waals surface area contributed by atoms with Crippen LogP contribution in [0.25, 0.3) is 0 Å². The van der Waals surface area contributed by atoms with E-state index in [1.54, 1.807) is 0 Å². The van der Waals surface area contributed by atoms with Crippen molar-refractivity contribution in [2.75, 3.05) is 0 Å². The Labute approximate surface area is 87.5 Å². The third kappa shape index (κ3) is 3.76. The van der Waals surface area contributed by atoms with E-state index in [9.17, 15) is 15.2 Å². The zero-order chi connectivity index (χ0) is 11.8. The third-order valence-corrected chi connectivity index (χ3v) is 1.79. The molecule has 0 aromatic heterocycles. The Morgan fingerprint density at radius 3 is 2.53 bits per heavy atom. The zero-order valence-electron chi connectivity index (χ0n) is 8.47. The first-order valence-electron chi connectivity index (χ1n) is 4.40. The van der Waals surface area contributed by atoms with E-state index < -0.39 is 4.92 Å². The topological polar surface area (TPSA) is 80.4 Å². The molecule has 0 unspecified atom stereocenters. The molecule has 0 amide bonds. The van der Waals surface area contributed by atoms with Crippen molar-refractivity contribution >= 4 is 12.5 Å². The van der Waals surface area contributed by atoms with Gasteiger partial charge in [-0.15, -0.1) is 0 Å². The van der Waals surface area contributed by atoms with Crippen LogP contribution in [-0.2, 0) is 11.2 Å². The summed E-state index contributed by atoms with van der Waals surface area (Å²) < 4.78 is 0. The second-order valence-electron chi connectivity index (χ2n) is 2.82. The summed E-state index contributed by atoms with van der Waals surface area (Å²) in [7, 11) is 0. The predicted molar refractivity (Wildman–Crippen MR) is 55.9 cm³/mol. The summed E-state index contributed by atoms with van der Waals surface area (Å²) in [6.07, 6.45) is 1.52. The molecule has 0 aliphatic carbocycles. The summed E-state index contributed by atoms with van der Waals surface area (Å²) in [5, 5.41) is 19.7. The lowest BCUT2D eigenvalue weighted by Crippen LogP contribution is -1.90. The summed E-state index contributed by atoms with van der Waals surface area (Å²) in [5.41, 5.74) is 0.665. The van der Waals surface area contributed by atoms with E-state index in [-0.39, 0.29) is 11.4 Å². The van der Waals surface area contributed by atoms with E-state index in [4.69, 9.17) is 4.79 Å². The fourth-order valence-electron chi connectivity index (χ4n) is 1.16. The fourth-order valence-corrected chi connectivity index (χ4v) is 1.16. The Morgan fingerprint density at radius 1 is 1.47 bits per heavy atom. The minimum Gasteiger partial charge on any atom is -0.508 e. The summed E-state index contributed by atoms with van der Waals surface area (Å²) in [6, 6.07) is 4.08. The lowest BCUT2D eigenvalue weighted by atomic mass is 10.1. The Kier molecular flexibility index (Phi) is 5.70. The number of rotatable bonds is 3. The van der Waals surface area contributed by atoms with Gasteiger partial charge in [0.05, 0.1) is 4.92 Å². The molecule has 15 heavy (non-hydrogen) atoms. The highest BCUT2D eigenvalue weighted by Crippen LogP contribution is 2.23. The second kappa shape index (κ2) is 6.53. The van der Waals surface area contributed by atoms with Crippen molar-refractivity contribution in [3.8, 4) is 5.75 Å². The van der Waals surface area contributed by atoms with E-state index >= 15 is 0 Å². The zero-order valence-corrected chi connectivity index (χ0v) is 8.47. The van der Waals surface area contributed by atoms with Gasteiger partial charge < -0.3 is 9.90 Å². The number of carbonyl (C=O) groups is 1. The van der Waals surface area contributed by atoms with Crippen molar-refractivity contribution < 1.29 is 14.8 Å². The summed E-state index contributed by atoms with van der Waals surface area (Å²) in [4.78, 5) is 17.9. The number of aryl methyl sites for hydroxylation is 1. The number of non-ortho nitro benzene ring substituents is 1. The van der Waals surface area contributed by atoms with Gasteiger partial charge in [-0.25, -0.2) is 0 Å². The molecule has 0 bridgehead atoms. The quantitative estimate of drug-likeness (QED) is 0.613. The van der Waals surface area contributed by atoms with Gasteiger partial charge in [0.1, 0.15) is 12.5 Å². The molecular formula is C10H13NO4. The Hall–Kier alpha value is -1.91. The maximum Gasteiger partial charge on any atom is 0.269 e. The van der Waals surface area contributed by atoms with Gasteiger partial charge in [-0.1, -0.05) is 13.3 Å². The highest BCUT2D eigenvalue weighted by molar-refractivity contribution is 5.42. The molecule has 5 nitrogen and oxygen atoms in total. The maximum atomic E-state index is 10.4. The maximum absolute atomic E-state index is 10.4. The molecule has 1 N–H and O–H groups in total. The molecule has 0 saturated heterocycles. The number of aromatic hydroxyl groups is 1. The van der Waals surface area contributed by atoms with Crippen LogP contribution in [0.1, 0.15) is 18.9 Å². The molecule has 1 aromatic carbocycles. The molecule has 0 spiro atoms. The average molecular weight is 211 g/mol. The molecule has 0 atom stereocenters. The highest BCUT2D eigenvalue weighted by Gasteiger charge is 2.08. The molecule has 1 aromatic rings. The first-order chi connectivity index (χ1) is 7.15. The first kappa shape index (κ1) is 13.1. The number of hydrogen-bond acceptors (Lipinski definition) is 4. The minimum absolute atomic E-state index is 0.0289. The molecule has 5 heteroatoms. The van der Waals surface area contributed by atoms with Crippen molar-refractivity contribution in [2.24, 2.45) is 0 Å². The van der Waals surface area contributed by atoms with Crippen molar-refractivity contribution in [3.63, 3.8) is 0 Å². The molecule has 0 aliphatic heterocycles. The van der Waals surface area contributed by atoms with Gasteiger partial charge in [0.15, 0.2) is 0 Å². The van der Waals surface area contributed by atoms with Gasteiger partial charge in [-0.2, -0.15) is 0 Å². The van der Waals surface area contributed by atoms with Crippen LogP contribution in [-0.4, -0.2) is 16.8 Å². The monoisotopic (exact) mass is 211 g/mol. The van der Waals surface area contributed by atoms with E-state index in [2.05, 4.69) is 0 Å². The normalized spacial score (nSPS) is 8.87. The molecule has 0 aliphatic rings. The summed E-state index contributed by atoms with van der Waals surface area (Å²) >= 11 is 0. The van der Waals surface area contributed by atoms with Crippen molar-refractivity contribution in [1.29, 1.82) is 0 Å². The lowest BCUT2D eigenvalue weighted by molar-refractivity contribution is -0.384. The van der Waals surface area contributed by atoms with Crippen LogP contribution in [0.3, 0.4) is 0 Å². The van der Waals surface area contributed by atoms with Gasteiger partial charge >= 0.3 is 0 Å². The van der Waals surface area contributed by atoms with Crippen LogP contribution in [0, 0.1) is 10.1 Å². The molecule has 82 valence electrons. The molecule has 0 saturated carbocycles. The van der Waals surface area contributed by atoms with Gasteiger partial charge in [0.2, 0.25) is 0 Å².